The smallest absolute Gasteiger partial charge is 0.249 e. The Labute approximate surface area is 98.2 Å². The molecule has 0 aliphatic rings. The van der Waals surface area contributed by atoms with Crippen molar-refractivity contribution in [1.29, 1.82) is 0 Å². The number of primary amides is 1. The second kappa shape index (κ2) is 7.54. The molecule has 0 aromatic carbocycles. The summed E-state index contributed by atoms with van der Waals surface area (Å²) in [5.74, 6) is -1.10. The van der Waals surface area contributed by atoms with Crippen LogP contribution in [0.4, 0.5) is 0 Å². The van der Waals surface area contributed by atoms with Crippen LogP contribution < -0.4 is 5.73 Å². The molecule has 1 unspecified atom stereocenters. The van der Waals surface area contributed by atoms with Gasteiger partial charge in [0.25, 0.3) is 0 Å². The number of hydrogen-bond donors (Lipinski definition) is 6. The van der Waals surface area contributed by atoms with Crippen molar-refractivity contribution >= 4 is 5.91 Å². The molecule has 0 aliphatic heterocycles. The highest BCUT2D eigenvalue weighted by atomic mass is 16.6. The molecule has 0 bridgehead atoms. The van der Waals surface area contributed by atoms with Gasteiger partial charge in [-0.1, -0.05) is 6.92 Å². The largest absolute Gasteiger partial charge is 0.394 e. The van der Waals surface area contributed by atoms with E-state index in [1.165, 1.54) is 0 Å². The van der Waals surface area contributed by atoms with E-state index in [1.807, 2.05) is 0 Å². The van der Waals surface area contributed by atoms with Gasteiger partial charge < -0.3 is 36.0 Å². The normalized spacial score (nSPS) is 20.4. The maximum Gasteiger partial charge on any atom is 0.249 e. The predicted octanol–water partition coefficient (Wildman–Crippen LogP) is -3.34. The van der Waals surface area contributed by atoms with E-state index in [1.54, 1.807) is 6.92 Å². The molecule has 0 rings (SSSR count). The van der Waals surface area contributed by atoms with Crippen molar-refractivity contribution in [3.05, 3.63) is 0 Å². The molecule has 0 aromatic rings. The van der Waals surface area contributed by atoms with Crippen molar-refractivity contribution in [3.63, 3.8) is 0 Å². The number of amides is 1. The first-order valence-corrected chi connectivity index (χ1v) is 5.13. The van der Waals surface area contributed by atoms with E-state index < -0.39 is 43.2 Å². The molecule has 17 heavy (non-hydrogen) atoms. The van der Waals surface area contributed by atoms with Crippen molar-refractivity contribution in [1.82, 2.24) is 0 Å². The SMILES string of the molecule is CCC(O)O[C@@H](C(N)=O)[C@@H](O)[C@H](O)[C@H](O)CO. The third-order valence-corrected chi connectivity index (χ3v) is 2.17. The van der Waals surface area contributed by atoms with Crippen LogP contribution in [0.3, 0.4) is 0 Å². The van der Waals surface area contributed by atoms with Gasteiger partial charge in [-0.05, 0) is 6.42 Å². The van der Waals surface area contributed by atoms with Crippen LogP contribution in [0.15, 0.2) is 0 Å². The van der Waals surface area contributed by atoms with Gasteiger partial charge >= 0.3 is 0 Å². The van der Waals surface area contributed by atoms with Crippen LogP contribution in [-0.4, -0.2) is 68.8 Å². The Hall–Kier alpha value is -0.770. The molecule has 0 heterocycles. The molecule has 5 atom stereocenters. The molecular formula is C9H19NO7. The van der Waals surface area contributed by atoms with Crippen molar-refractivity contribution in [3.8, 4) is 0 Å². The summed E-state index contributed by atoms with van der Waals surface area (Å²) in [7, 11) is 0. The monoisotopic (exact) mass is 253 g/mol. The van der Waals surface area contributed by atoms with E-state index >= 15 is 0 Å². The number of carbonyl (C=O) groups excluding carboxylic acids is 1. The summed E-state index contributed by atoms with van der Waals surface area (Å²) in [4.78, 5) is 11.0. The predicted molar refractivity (Wildman–Crippen MR) is 55.5 cm³/mol. The fourth-order valence-electron chi connectivity index (χ4n) is 1.10. The van der Waals surface area contributed by atoms with Crippen molar-refractivity contribution < 1.29 is 35.1 Å². The minimum absolute atomic E-state index is 0.148. The zero-order valence-electron chi connectivity index (χ0n) is 9.43. The Bertz CT molecular complexity index is 237. The summed E-state index contributed by atoms with van der Waals surface area (Å²) in [6.07, 6.45) is -8.18. The maximum atomic E-state index is 11.0. The van der Waals surface area contributed by atoms with Gasteiger partial charge in [-0.3, -0.25) is 4.79 Å². The van der Waals surface area contributed by atoms with Gasteiger partial charge in [-0.2, -0.15) is 0 Å². The van der Waals surface area contributed by atoms with E-state index in [0.29, 0.717) is 0 Å². The Kier molecular flexibility index (Phi) is 7.19. The first-order chi connectivity index (χ1) is 7.84. The summed E-state index contributed by atoms with van der Waals surface area (Å²) >= 11 is 0. The summed E-state index contributed by atoms with van der Waals surface area (Å²) in [5, 5.41) is 45.7. The molecule has 0 aromatic heterocycles. The van der Waals surface area contributed by atoms with E-state index in [0.717, 1.165) is 0 Å². The lowest BCUT2D eigenvalue weighted by Crippen LogP contribution is -2.52. The van der Waals surface area contributed by atoms with E-state index in [4.69, 9.17) is 25.8 Å². The molecule has 0 aliphatic carbocycles. The van der Waals surface area contributed by atoms with Crippen LogP contribution in [0.5, 0.6) is 0 Å². The van der Waals surface area contributed by atoms with Crippen LogP contribution in [0, 0.1) is 0 Å². The zero-order chi connectivity index (χ0) is 13.6. The Morgan fingerprint density at radius 1 is 1.24 bits per heavy atom. The molecule has 102 valence electrons. The number of carbonyl (C=O) groups is 1. The average Bonchev–Trinajstić information content (AvgIpc) is 2.32. The highest BCUT2D eigenvalue weighted by Crippen LogP contribution is 2.10. The molecule has 7 N–H and O–H groups in total. The number of rotatable bonds is 8. The molecule has 0 spiro atoms. The third-order valence-electron chi connectivity index (χ3n) is 2.17. The van der Waals surface area contributed by atoms with Crippen molar-refractivity contribution in [2.45, 2.75) is 44.1 Å². The fourth-order valence-corrected chi connectivity index (χ4v) is 1.10. The first-order valence-electron chi connectivity index (χ1n) is 5.13. The van der Waals surface area contributed by atoms with E-state index in [2.05, 4.69) is 0 Å². The molecule has 8 nitrogen and oxygen atoms in total. The molecule has 0 saturated carbocycles. The molecular weight excluding hydrogens is 234 g/mol. The first kappa shape index (κ1) is 16.2. The molecule has 0 fully saturated rings. The summed E-state index contributed by atoms with van der Waals surface area (Å²) in [5.41, 5.74) is 4.93. The van der Waals surface area contributed by atoms with Crippen molar-refractivity contribution in [2.24, 2.45) is 5.73 Å². The van der Waals surface area contributed by atoms with Gasteiger partial charge in [0.1, 0.15) is 18.3 Å². The summed E-state index contributed by atoms with van der Waals surface area (Å²) in [6, 6.07) is 0. The average molecular weight is 253 g/mol. The van der Waals surface area contributed by atoms with E-state index in [9.17, 15) is 15.0 Å². The van der Waals surface area contributed by atoms with Gasteiger partial charge in [0.2, 0.25) is 5.91 Å². The van der Waals surface area contributed by atoms with Crippen LogP contribution in [0.2, 0.25) is 0 Å². The summed E-state index contributed by atoms with van der Waals surface area (Å²) < 4.78 is 4.72. The highest BCUT2D eigenvalue weighted by Gasteiger charge is 2.36. The van der Waals surface area contributed by atoms with Gasteiger partial charge in [-0.15, -0.1) is 0 Å². The number of hydrogen-bond acceptors (Lipinski definition) is 7. The second-order valence-electron chi connectivity index (χ2n) is 3.55. The zero-order valence-corrected chi connectivity index (χ0v) is 9.43. The fraction of sp³-hybridized carbons (Fsp3) is 0.889. The number of nitrogens with two attached hydrogens (primary N) is 1. The van der Waals surface area contributed by atoms with Gasteiger partial charge in [0, 0.05) is 0 Å². The quantitative estimate of drug-likeness (QED) is 0.247. The highest BCUT2D eigenvalue weighted by molar-refractivity contribution is 5.79. The van der Waals surface area contributed by atoms with Gasteiger partial charge in [-0.25, -0.2) is 0 Å². The Morgan fingerprint density at radius 3 is 2.12 bits per heavy atom. The van der Waals surface area contributed by atoms with E-state index in [-0.39, 0.29) is 6.42 Å². The molecule has 0 radical (unpaired) electrons. The van der Waals surface area contributed by atoms with Crippen LogP contribution in [-0.2, 0) is 9.53 Å². The van der Waals surface area contributed by atoms with Crippen LogP contribution in [0.1, 0.15) is 13.3 Å². The van der Waals surface area contributed by atoms with Gasteiger partial charge in [0.05, 0.1) is 6.61 Å². The Balaban J connectivity index is 4.64. The number of aliphatic hydroxyl groups excluding tert-OH is 5. The number of aliphatic hydroxyl groups is 5. The van der Waals surface area contributed by atoms with Crippen LogP contribution >= 0.6 is 0 Å². The van der Waals surface area contributed by atoms with Crippen molar-refractivity contribution in [2.75, 3.05) is 6.61 Å². The lowest BCUT2D eigenvalue weighted by Gasteiger charge is -2.28. The third kappa shape index (κ3) is 4.94. The lowest BCUT2D eigenvalue weighted by molar-refractivity contribution is -0.195. The topological polar surface area (TPSA) is 153 Å². The minimum atomic E-state index is -1.85. The summed E-state index contributed by atoms with van der Waals surface area (Å²) in [6.45, 7) is 0.758. The van der Waals surface area contributed by atoms with Gasteiger partial charge in [0.15, 0.2) is 12.4 Å². The minimum Gasteiger partial charge on any atom is -0.394 e. The maximum absolute atomic E-state index is 11.0. The van der Waals surface area contributed by atoms with Crippen LogP contribution in [0.25, 0.3) is 0 Å². The molecule has 1 amide bonds. The second-order valence-corrected chi connectivity index (χ2v) is 3.55. The lowest BCUT2D eigenvalue weighted by atomic mass is 10.0. The standard InChI is InChI=1S/C9H19NO7/c1-2-5(13)17-8(9(10)16)7(15)6(14)4(12)3-11/h4-8,11-15H,2-3H2,1H3,(H2,10,16)/t4-,5?,6-,7+,8-/m1/s1. The molecule has 8 heteroatoms. The number of ether oxygens (including phenoxy) is 1. The Morgan fingerprint density at radius 2 is 1.76 bits per heavy atom. The molecule has 0 saturated heterocycles.